The fourth-order valence-corrected chi connectivity index (χ4v) is 1.49. The Balaban J connectivity index is 2.74. The summed E-state index contributed by atoms with van der Waals surface area (Å²) in [6.07, 6.45) is 0. The van der Waals surface area contributed by atoms with Gasteiger partial charge in [0.05, 0.1) is 12.6 Å². The zero-order valence-electron chi connectivity index (χ0n) is 7.19. The Bertz CT molecular complexity index is 442. The van der Waals surface area contributed by atoms with Crippen LogP contribution in [-0.4, -0.2) is 12.1 Å². The van der Waals surface area contributed by atoms with Crippen LogP contribution in [0.5, 0.6) is 5.88 Å². The Labute approximate surface area is 82.0 Å². The van der Waals surface area contributed by atoms with Gasteiger partial charge in [-0.3, -0.25) is 0 Å². The van der Waals surface area contributed by atoms with E-state index >= 15 is 0 Å². The number of ether oxygens (including phenoxy) is 1. The summed E-state index contributed by atoms with van der Waals surface area (Å²) < 4.78 is 5.03. The molecule has 0 radical (unpaired) electrons. The van der Waals surface area contributed by atoms with E-state index in [0.29, 0.717) is 5.88 Å². The van der Waals surface area contributed by atoms with Gasteiger partial charge in [0, 0.05) is 16.3 Å². The van der Waals surface area contributed by atoms with Crippen molar-refractivity contribution in [2.24, 2.45) is 0 Å². The molecule has 0 amide bonds. The summed E-state index contributed by atoms with van der Waals surface area (Å²) in [5.41, 5.74) is 0.880. The summed E-state index contributed by atoms with van der Waals surface area (Å²) in [5.74, 6) is 0.619. The maximum absolute atomic E-state index is 5.03. The van der Waals surface area contributed by atoms with Crippen LogP contribution in [0, 0.1) is 0 Å². The normalized spacial score (nSPS) is 10.3. The molecule has 1 heterocycles. The molecule has 66 valence electrons. The Hall–Kier alpha value is -1.22. The number of thiol groups is 1. The molecule has 0 aliphatic heterocycles. The summed E-state index contributed by atoms with van der Waals surface area (Å²) in [7, 11) is 1.61. The number of hydrogen-bond donors (Lipinski definition) is 1. The van der Waals surface area contributed by atoms with Gasteiger partial charge in [-0.05, 0) is 12.1 Å². The van der Waals surface area contributed by atoms with Crippen molar-refractivity contribution in [2.75, 3.05) is 7.11 Å². The van der Waals surface area contributed by atoms with Crippen LogP contribution in [0.15, 0.2) is 35.2 Å². The van der Waals surface area contributed by atoms with Crippen molar-refractivity contribution < 1.29 is 4.74 Å². The molecular formula is C10H9NOS. The average molecular weight is 191 g/mol. The highest BCUT2D eigenvalue weighted by atomic mass is 32.1. The molecule has 2 nitrogen and oxygen atoms in total. The molecule has 0 aliphatic rings. The van der Waals surface area contributed by atoms with Gasteiger partial charge in [0.25, 0.3) is 0 Å². The summed E-state index contributed by atoms with van der Waals surface area (Å²) in [4.78, 5) is 5.17. The van der Waals surface area contributed by atoms with Crippen molar-refractivity contribution in [3.63, 3.8) is 0 Å². The maximum Gasteiger partial charge on any atom is 0.213 e. The van der Waals surface area contributed by atoms with Gasteiger partial charge in [-0.15, -0.1) is 12.6 Å². The molecule has 2 aromatic rings. The van der Waals surface area contributed by atoms with E-state index in [-0.39, 0.29) is 0 Å². The van der Waals surface area contributed by atoms with E-state index in [9.17, 15) is 0 Å². The van der Waals surface area contributed by atoms with Crippen LogP contribution in [0.25, 0.3) is 10.9 Å². The van der Waals surface area contributed by atoms with E-state index in [1.807, 2.05) is 30.3 Å². The molecule has 13 heavy (non-hydrogen) atoms. The predicted molar refractivity (Wildman–Crippen MR) is 55.5 cm³/mol. The minimum Gasteiger partial charge on any atom is -0.481 e. The minimum absolute atomic E-state index is 0.619. The van der Waals surface area contributed by atoms with E-state index in [1.165, 1.54) is 0 Å². The third-order valence-electron chi connectivity index (χ3n) is 1.88. The van der Waals surface area contributed by atoms with E-state index in [4.69, 9.17) is 4.74 Å². The third-order valence-corrected chi connectivity index (χ3v) is 2.24. The van der Waals surface area contributed by atoms with Crippen LogP contribution in [0.3, 0.4) is 0 Å². The number of hydrogen-bond acceptors (Lipinski definition) is 3. The number of fused-ring (bicyclic) bond motifs is 1. The zero-order chi connectivity index (χ0) is 9.26. The van der Waals surface area contributed by atoms with Crippen LogP contribution < -0.4 is 4.74 Å². The second kappa shape index (κ2) is 3.26. The monoisotopic (exact) mass is 191 g/mol. The minimum atomic E-state index is 0.619. The van der Waals surface area contributed by atoms with Gasteiger partial charge >= 0.3 is 0 Å². The Morgan fingerprint density at radius 1 is 1.23 bits per heavy atom. The largest absolute Gasteiger partial charge is 0.481 e. The van der Waals surface area contributed by atoms with Crippen LogP contribution >= 0.6 is 12.6 Å². The molecule has 0 aliphatic carbocycles. The number of benzene rings is 1. The van der Waals surface area contributed by atoms with Crippen molar-refractivity contribution in [1.82, 2.24) is 4.98 Å². The first-order valence-electron chi connectivity index (χ1n) is 3.94. The van der Waals surface area contributed by atoms with Gasteiger partial charge in [0.1, 0.15) is 0 Å². The first kappa shape index (κ1) is 8.38. The smallest absolute Gasteiger partial charge is 0.213 e. The van der Waals surface area contributed by atoms with Gasteiger partial charge in [-0.1, -0.05) is 12.1 Å². The molecule has 3 heteroatoms. The molecule has 2 rings (SSSR count). The molecule has 0 fully saturated rings. The molecule has 0 N–H and O–H groups in total. The molecule has 0 saturated carbocycles. The molecule has 0 saturated heterocycles. The standard InChI is InChI=1S/C10H9NOS/c1-12-9-6-5-7-3-2-4-8(13)10(7)11-9/h2-6,13H,1H3. The molecular weight excluding hydrogens is 182 g/mol. The van der Waals surface area contributed by atoms with Gasteiger partial charge < -0.3 is 4.74 Å². The van der Waals surface area contributed by atoms with Crippen LogP contribution in [0.1, 0.15) is 0 Å². The highest BCUT2D eigenvalue weighted by Gasteiger charge is 2.00. The lowest BCUT2D eigenvalue weighted by Crippen LogP contribution is -1.88. The lowest BCUT2D eigenvalue weighted by Gasteiger charge is -2.02. The third kappa shape index (κ3) is 1.47. The van der Waals surface area contributed by atoms with Crippen molar-refractivity contribution >= 4 is 23.5 Å². The number of methoxy groups -OCH3 is 1. The van der Waals surface area contributed by atoms with Crippen molar-refractivity contribution in [1.29, 1.82) is 0 Å². The number of para-hydroxylation sites is 1. The summed E-state index contributed by atoms with van der Waals surface area (Å²) in [6.45, 7) is 0. The lowest BCUT2D eigenvalue weighted by molar-refractivity contribution is 0.399. The van der Waals surface area contributed by atoms with Gasteiger partial charge in [0.15, 0.2) is 0 Å². The summed E-state index contributed by atoms with van der Waals surface area (Å²) >= 11 is 4.32. The number of aromatic nitrogens is 1. The van der Waals surface area contributed by atoms with Crippen molar-refractivity contribution in [3.8, 4) is 5.88 Å². The zero-order valence-corrected chi connectivity index (χ0v) is 8.08. The molecule has 0 spiro atoms. The van der Waals surface area contributed by atoms with Crippen molar-refractivity contribution in [2.45, 2.75) is 4.90 Å². The second-order valence-electron chi connectivity index (χ2n) is 2.70. The molecule has 1 aromatic heterocycles. The SMILES string of the molecule is COc1ccc2cccc(S)c2n1. The van der Waals surface area contributed by atoms with E-state index < -0.39 is 0 Å². The van der Waals surface area contributed by atoms with Crippen LogP contribution in [0.2, 0.25) is 0 Å². The van der Waals surface area contributed by atoms with Crippen LogP contribution in [-0.2, 0) is 0 Å². The molecule has 0 unspecified atom stereocenters. The fourth-order valence-electron chi connectivity index (χ4n) is 1.23. The Morgan fingerprint density at radius 2 is 2.08 bits per heavy atom. The first-order chi connectivity index (χ1) is 6.31. The predicted octanol–water partition coefficient (Wildman–Crippen LogP) is 2.53. The maximum atomic E-state index is 5.03. The summed E-state index contributed by atoms with van der Waals surface area (Å²) in [6, 6.07) is 9.69. The van der Waals surface area contributed by atoms with Gasteiger partial charge in [-0.2, -0.15) is 0 Å². The Kier molecular flexibility index (Phi) is 2.10. The lowest BCUT2D eigenvalue weighted by atomic mass is 10.2. The van der Waals surface area contributed by atoms with E-state index in [0.717, 1.165) is 15.8 Å². The Morgan fingerprint density at radius 3 is 2.85 bits per heavy atom. The number of pyridine rings is 1. The van der Waals surface area contributed by atoms with Crippen LogP contribution in [0.4, 0.5) is 0 Å². The summed E-state index contributed by atoms with van der Waals surface area (Å²) in [5, 5.41) is 1.08. The molecule has 1 aromatic carbocycles. The number of rotatable bonds is 1. The molecule has 0 atom stereocenters. The fraction of sp³-hybridized carbons (Fsp3) is 0.100. The molecule has 0 bridgehead atoms. The van der Waals surface area contributed by atoms with E-state index in [1.54, 1.807) is 7.11 Å². The topological polar surface area (TPSA) is 22.1 Å². The number of nitrogens with zero attached hydrogens (tertiary/aromatic N) is 1. The second-order valence-corrected chi connectivity index (χ2v) is 3.18. The first-order valence-corrected chi connectivity index (χ1v) is 4.39. The van der Waals surface area contributed by atoms with Crippen molar-refractivity contribution in [3.05, 3.63) is 30.3 Å². The average Bonchev–Trinajstić information content (AvgIpc) is 2.18. The van der Waals surface area contributed by atoms with Gasteiger partial charge in [-0.25, -0.2) is 4.98 Å². The quantitative estimate of drug-likeness (QED) is 0.700. The highest BCUT2D eigenvalue weighted by molar-refractivity contribution is 7.80. The van der Waals surface area contributed by atoms with Gasteiger partial charge in [0.2, 0.25) is 5.88 Å². The van der Waals surface area contributed by atoms with E-state index in [2.05, 4.69) is 17.6 Å². The highest BCUT2D eigenvalue weighted by Crippen LogP contribution is 2.22.